The predicted molar refractivity (Wildman–Crippen MR) is 146 cm³/mol. The van der Waals surface area contributed by atoms with Gasteiger partial charge in [-0.05, 0) is 54.8 Å². The number of sulfonamides is 1. The van der Waals surface area contributed by atoms with Crippen molar-refractivity contribution in [1.29, 1.82) is 0 Å². The fraction of sp³-hybridized carbons (Fsp3) is 0.167. The van der Waals surface area contributed by atoms with Gasteiger partial charge in [0, 0.05) is 5.56 Å². The second-order valence-electron chi connectivity index (χ2n) is 9.03. The van der Waals surface area contributed by atoms with Crippen molar-refractivity contribution in [2.75, 3.05) is 10.6 Å². The number of amides is 1. The summed E-state index contributed by atoms with van der Waals surface area (Å²) in [6.07, 6.45) is 1.19. The molecule has 0 bridgehead atoms. The zero-order chi connectivity index (χ0) is 25.7. The normalized spacial score (nSPS) is 12.1. The minimum Gasteiger partial charge on any atom is -0.341 e. The average molecular weight is 499 g/mol. The van der Waals surface area contributed by atoms with E-state index in [0.717, 1.165) is 27.8 Å². The zero-order valence-corrected chi connectivity index (χ0v) is 21.5. The molecular formula is C30H30N2O3S. The number of aryl methyl sites for hydroxylation is 2. The van der Waals surface area contributed by atoms with Gasteiger partial charge < -0.3 is 5.32 Å². The lowest BCUT2D eigenvalue weighted by molar-refractivity contribution is 0.0943. The van der Waals surface area contributed by atoms with Crippen molar-refractivity contribution in [3.63, 3.8) is 0 Å². The Kier molecular flexibility index (Phi) is 7.55. The van der Waals surface area contributed by atoms with E-state index >= 15 is 0 Å². The molecule has 0 aliphatic heterocycles. The topological polar surface area (TPSA) is 66.5 Å². The molecule has 4 aromatic rings. The van der Waals surface area contributed by atoms with Gasteiger partial charge in [-0.15, -0.1) is 0 Å². The molecule has 0 fully saturated rings. The van der Waals surface area contributed by atoms with E-state index in [1.165, 1.54) is 10.6 Å². The van der Waals surface area contributed by atoms with Gasteiger partial charge in [0.2, 0.25) is 10.0 Å². The standard InChI is InChI=1S/C30H30N2O3S/c1-22-9-13-24(14-10-22)21-32(36(3,34)35)28-19-17-27(18-20-28)30(33)31-29(25-7-5-4-6-8-25)26-15-11-23(2)12-16-26/h4-20,29H,21H2,1-3H3,(H,31,33). The van der Waals surface area contributed by atoms with Crippen LogP contribution in [0.1, 0.15) is 44.2 Å². The van der Waals surface area contributed by atoms with E-state index in [4.69, 9.17) is 0 Å². The number of hydrogen-bond donors (Lipinski definition) is 1. The van der Waals surface area contributed by atoms with Gasteiger partial charge in [-0.2, -0.15) is 0 Å². The molecule has 1 amide bonds. The number of rotatable bonds is 8. The molecule has 0 saturated carbocycles. The molecule has 36 heavy (non-hydrogen) atoms. The fourth-order valence-corrected chi connectivity index (χ4v) is 4.90. The van der Waals surface area contributed by atoms with Gasteiger partial charge in [0.15, 0.2) is 0 Å². The smallest absolute Gasteiger partial charge is 0.252 e. The first kappa shape index (κ1) is 25.2. The lowest BCUT2D eigenvalue weighted by Gasteiger charge is -2.23. The summed E-state index contributed by atoms with van der Waals surface area (Å²) < 4.78 is 26.4. The Morgan fingerprint density at radius 2 is 1.28 bits per heavy atom. The molecule has 0 aromatic heterocycles. The molecular weight excluding hydrogens is 468 g/mol. The molecule has 184 valence electrons. The van der Waals surface area contributed by atoms with Crippen LogP contribution in [0, 0.1) is 13.8 Å². The number of hydrogen-bond acceptors (Lipinski definition) is 3. The van der Waals surface area contributed by atoms with E-state index in [1.807, 2.05) is 92.7 Å². The van der Waals surface area contributed by atoms with Crippen LogP contribution >= 0.6 is 0 Å². The molecule has 1 N–H and O–H groups in total. The van der Waals surface area contributed by atoms with Crippen molar-refractivity contribution in [2.45, 2.75) is 26.4 Å². The molecule has 0 radical (unpaired) electrons. The highest BCUT2D eigenvalue weighted by Gasteiger charge is 2.20. The SMILES string of the molecule is Cc1ccc(CN(c2ccc(C(=O)NC(c3ccccc3)c3ccc(C)cc3)cc2)S(C)(=O)=O)cc1. The van der Waals surface area contributed by atoms with Crippen LogP contribution < -0.4 is 9.62 Å². The Bertz CT molecular complexity index is 1410. The summed E-state index contributed by atoms with van der Waals surface area (Å²) in [5.74, 6) is -0.236. The minimum atomic E-state index is -3.52. The molecule has 1 atom stereocenters. The minimum absolute atomic E-state index is 0.216. The van der Waals surface area contributed by atoms with E-state index in [2.05, 4.69) is 5.32 Å². The summed E-state index contributed by atoms with van der Waals surface area (Å²) in [6.45, 7) is 4.23. The van der Waals surface area contributed by atoms with E-state index in [0.29, 0.717) is 11.3 Å². The second-order valence-corrected chi connectivity index (χ2v) is 10.9. The number of nitrogens with one attached hydrogen (secondary N) is 1. The van der Waals surface area contributed by atoms with Crippen molar-refractivity contribution in [3.05, 3.63) is 137 Å². The van der Waals surface area contributed by atoms with Crippen LogP contribution in [0.15, 0.2) is 103 Å². The van der Waals surface area contributed by atoms with Gasteiger partial charge in [-0.1, -0.05) is 90.0 Å². The van der Waals surface area contributed by atoms with Gasteiger partial charge in [-0.25, -0.2) is 8.42 Å². The Labute approximate surface area is 213 Å². The van der Waals surface area contributed by atoms with E-state index in [-0.39, 0.29) is 18.5 Å². The van der Waals surface area contributed by atoms with Gasteiger partial charge in [-0.3, -0.25) is 9.10 Å². The first-order chi connectivity index (χ1) is 17.2. The molecule has 5 nitrogen and oxygen atoms in total. The number of nitrogens with zero attached hydrogens (tertiary/aromatic N) is 1. The lowest BCUT2D eigenvalue weighted by Crippen LogP contribution is -2.30. The largest absolute Gasteiger partial charge is 0.341 e. The van der Waals surface area contributed by atoms with Crippen molar-refractivity contribution < 1.29 is 13.2 Å². The van der Waals surface area contributed by atoms with Crippen molar-refractivity contribution in [2.24, 2.45) is 0 Å². The highest BCUT2D eigenvalue weighted by Crippen LogP contribution is 2.25. The van der Waals surface area contributed by atoms with Crippen LogP contribution in [0.5, 0.6) is 0 Å². The van der Waals surface area contributed by atoms with Gasteiger partial charge in [0.1, 0.15) is 0 Å². The van der Waals surface area contributed by atoms with Gasteiger partial charge in [0.05, 0.1) is 24.5 Å². The highest BCUT2D eigenvalue weighted by molar-refractivity contribution is 7.92. The third-order valence-electron chi connectivity index (χ3n) is 6.08. The van der Waals surface area contributed by atoms with Crippen LogP contribution in [-0.4, -0.2) is 20.6 Å². The Morgan fingerprint density at radius 1 is 0.750 bits per heavy atom. The number of carbonyl (C=O) groups excluding carboxylic acids is 1. The molecule has 0 spiro atoms. The summed E-state index contributed by atoms with van der Waals surface area (Å²) in [4.78, 5) is 13.2. The maximum Gasteiger partial charge on any atom is 0.252 e. The third-order valence-corrected chi connectivity index (χ3v) is 7.22. The summed E-state index contributed by atoms with van der Waals surface area (Å²) >= 11 is 0. The lowest BCUT2D eigenvalue weighted by atomic mass is 9.97. The van der Waals surface area contributed by atoms with Crippen LogP contribution in [-0.2, 0) is 16.6 Å². The molecule has 0 heterocycles. The zero-order valence-electron chi connectivity index (χ0n) is 20.7. The highest BCUT2D eigenvalue weighted by atomic mass is 32.2. The average Bonchev–Trinajstić information content (AvgIpc) is 2.87. The maximum absolute atomic E-state index is 13.2. The molecule has 1 unspecified atom stereocenters. The molecule has 6 heteroatoms. The fourth-order valence-electron chi connectivity index (χ4n) is 4.02. The van der Waals surface area contributed by atoms with Crippen molar-refractivity contribution in [1.82, 2.24) is 5.32 Å². The molecule has 0 saturated heterocycles. The first-order valence-electron chi connectivity index (χ1n) is 11.8. The number of carbonyl (C=O) groups is 1. The van der Waals surface area contributed by atoms with Crippen LogP contribution in [0.3, 0.4) is 0 Å². The van der Waals surface area contributed by atoms with Crippen LogP contribution in [0.2, 0.25) is 0 Å². The van der Waals surface area contributed by atoms with E-state index in [9.17, 15) is 13.2 Å². The summed E-state index contributed by atoms with van der Waals surface area (Å²) in [5.41, 5.74) is 6.07. The van der Waals surface area contributed by atoms with Gasteiger partial charge >= 0.3 is 0 Å². The molecule has 0 aliphatic rings. The molecule has 4 aromatic carbocycles. The summed E-state index contributed by atoms with van der Waals surface area (Å²) in [5, 5.41) is 3.14. The van der Waals surface area contributed by atoms with Crippen molar-refractivity contribution >= 4 is 21.6 Å². The van der Waals surface area contributed by atoms with Gasteiger partial charge in [0.25, 0.3) is 5.91 Å². The Balaban J connectivity index is 1.57. The molecule has 0 aliphatic carbocycles. The Morgan fingerprint density at radius 3 is 1.83 bits per heavy atom. The summed E-state index contributed by atoms with van der Waals surface area (Å²) in [6, 6.07) is 32.0. The quantitative estimate of drug-likeness (QED) is 0.334. The monoisotopic (exact) mass is 498 g/mol. The predicted octanol–water partition coefficient (Wildman–Crippen LogP) is 5.79. The third kappa shape index (κ3) is 6.20. The first-order valence-corrected chi connectivity index (χ1v) is 13.6. The summed E-state index contributed by atoms with van der Waals surface area (Å²) in [7, 11) is -3.52. The molecule has 4 rings (SSSR count). The Hall–Kier alpha value is -3.90. The number of anilines is 1. The van der Waals surface area contributed by atoms with Crippen molar-refractivity contribution in [3.8, 4) is 0 Å². The van der Waals surface area contributed by atoms with Crippen LogP contribution in [0.4, 0.5) is 5.69 Å². The number of benzene rings is 4. The van der Waals surface area contributed by atoms with E-state index < -0.39 is 10.0 Å². The maximum atomic E-state index is 13.2. The second kappa shape index (κ2) is 10.8. The van der Waals surface area contributed by atoms with E-state index in [1.54, 1.807) is 24.3 Å². The van der Waals surface area contributed by atoms with Crippen LogP contribution in [0.25, 0.3) is 0 Å².